The Bertz CT molecular complexity index is 1120. The van der Waals surface area contributed by atoms with Crippen molar-refractivity contribution in [3.05, 3.63) is 70.1 Å². The van der Waals surface area contributed by atoms with E-state index in [1.165, 1.54) is 22.3 Å². The summed E-state index contributed by atoms with van der Waals surface area (Å²) in [6.45, 7) is 10.7. The van der Waals surface area contributed by atoms with E-state index in [1.807, 2.05) is 37.5 Å². The number of fused-ring (bicyclic) bond motifs is 1. The van der Waals surface area contributed by atoms with E-state index in [0.29, 0.717) is 5.02 Å². The summed E-state index contributed by atoms with van der Waals surface area (Å²) in [6, 6.07) is 16.5. The standard InChI is InChI=1S/C24H31ClN5P/c1-7-30(8-2)31(27-20-15-11-10-14-19(20)25)22(17-26-29(31)6)23-24(3,4)18-13-9-12-16-21(18)28(23)5/h9-17H,7-8H2,1-6H3/b23-22-/t31-/m0/s1. The molecule has 0 N–H and O–H groups in total. The quantitative estimate of drug-likeness (QED) is 0.469. The summed E-state index contributed by atoms with van der Waals surface area (Å²) < 4.78 is 9.96. The van der Waals surface area contributed by atoms with Crippen LogP contribution in [0.25, 0.3) is 0 Å². The summed E-state index contributed by atoms with van der Waals surface area (Å²) in [5.74, 6) is 0. The fraction of sp³-hybridized carbons (Fsp3) is 0.375. The van der Waals surface area contributed by atoms with Crippen LogP contribution in [0.5, 0.6) is 0 Å². The number of benzene rings is 2. The molecule has 0 fully saturated rings. The lowest BCUT2D eigenvalue weighted by Crippen LogP contribution is -2.30. The number of nitrogens with zero attached hydrogens (tertiary/aromatic N) is 5. The number of hydrogen-bond acceptors (Lipinski definition) is 3. The van der Waals surface area contributed by atoms with Crippen molar-refractivity contribution in [1.82, 2.24) is 9.45 Å². The van der Waals surface area contributed by atoms with Crippen LogP contribution in [0.3, 0.4) is 0 Å². The fourth-order valence-corrected chi connectivity index (χ4v) is 8.88. The number of hydrazone groups is 1. The van der Waals surface area contributed by atoms with E-state index in [1.54, 1.807) is 0 Å². The van der Waals surface area contributed by atoms with Gasteiger partial charge in [0.1, 0.15) is 0 Å². The third kappa shape index (κ3) is 3.26. The minimum Gasteiger partial charge on any atom is -0.346 e. The molecule has 2 aliphatic rings. The van der Waals surface area contributed by atoms with Crippen molar-refractivity contribution in [2.24, 2.45) is 9.85 Å². The minimum absolute atomic E-state index is 0.160. The first-order valence-corrected chi connectivity index (χ1v) is 12.8. The van der Waals surface area contributed by atoms with Crippen molar-refractivity contribution in [2.75, 3.05) is 32.1 Å². The van der Waals surface area contributed by atoms with Gasteiger partial charge in [0.15, 0.2) is 7.36 Å². The molecule has 0 spiro atoms. The maximum atomic E-state index is 6.59. The summed E-state index contributed by atoms with van der Waals surface area (Å²) in [4.78, 5) is 2.33. The molecule has 7 heteroatoms. The predicted molar refractivity (Wildman–Crippen MR) is 135 cm³/mol. The molecule has 2 aromatic carbocycles. The maximum absolute atomic E-state index is 6.59. The molecular weight excluding hydrogens is 425 g/mol. The van der Waals surface area contributed by atoms with Gasteiger partial charge in [-0.05, 0) is 23.8 Å². The number of allylic oxidation sites excluding steroid dienone is 2. The molecular formula is C24H31ClN5P. The molecule has 0 radical (unpaired) electrons. The van der Waals surface area contributed by atoms with E-state index in [9.17, 15) is 0 Å². The van der Waals surface area contributed by atoms with Crippen molar-refractivity contribution in [3.8, 4) is 0 Å². The molecule has 0 amide bonds. The Morgan fingerprint density at radius 2 is 1.68 bits per heavy atom. The zero-order valence-corrected chi connectivity index (χ0v) is 20.8. The summed E-state index contributed by atoms with van der Waals surface area (Å²) in [6.07, 6.45) is 2.03. The van der Waals surface area contributed by atoms with Gasteiger partial charge in [0, 0.05) is 44.0 Å². The van der Waals surface area contributed by atoms with Crippen molar-refractivity contribution >= 4 is 36.5 Å². The number of para-hydroxylation sites is 1. The summed E-state index contributed by atoms with van der Waals surface area (Å²) >= 11 is 6.59. The van der Waals surface area contributed by atoms with Gasteiger partial charge in [0.2, 0.25) is 0 Å². The highest BCUT2D eigenvalue weighted by Gasteiger charge is 2.47. The van der Waals surface area contributed by atoms with Crippen LogP contribution < -0.4 is 4.90 Å². The zero-order chi connectivity index (χ0) is 22.4. The lowest BCUT2D eigenvalue weighted by atomic mass is 9.84. The Kier molecular flexibility index (Phi) is 5.80. The predicted octanol–water partition coefficient (Wildman–Crippen LogP) is 6.91. The second-order valence-corrected chi connectivity index (χ2v) is 11.8. The van der Waals surface area contributed by atoms with Crippen molar-refractivity contribution in [2.45, 2.75) is 33.1 Å². The Morgan fingerprint density at radius 1 is 1.03 bits per heavy atom. The molecule has 0 aromatic heterocycles. The van der Waals surface area contributed by atoms with Gasteiger partial charge in [0.05, 0.1) is 22.2 Å². The third-order valence-corrected chi connectivity index (χ3v) is 10.5. The Hall–Kier alpha value is -2.07. The van der Waals surface area contributed by atoms with Crippen molar-refractivity contribution in [3.63, 3.8) is 0 Å². The van der Waals surface area contributed by atoms with Crippen LogP contribution in [0.4, 0.5) is 11.4 Å². The van der Waals surface area contributed by atoms with Crippen LogP contribution in [-0.2, 0) is 5.41 Å². The number of hydrogen-bond donors (Lipinski definition) is 0. The van der Waals surface area contributed by atoms with Gasteiger partial charge in [0.25, 0.3) is 0 Å². The van der Waals surface area contributed by atoms with Crippen LogP contribution in [0.2, 0.25) is 5.02 Å². The van der Waals surface area contributed by atoms with Gasteiger partial charge >= 0.3 is 0 Å². The Morgan fingerprint density at radius 3 is 2.32 bits per heavy atom. The number of rotatable bonds is 4. The average molecular weight is 456 g/mol. The number of likely N-dealkylation sites (N-methyl/N-ethyl adjacent to an activating group) is 1. The van der Waals surface area contributed by atoms with Gasteiger partial charge in [-0.3, -0.25) is 0 Å². The topological polar surface area (TPSA) is 34.4 Å². The lowest BCUT2D eigenvalue weighted by Gasteiger charge is -2.39. The molecule has 164 valence electrons. The SMILES string of the molecule is CCN(CC)[P@]1(=Nc2ccccc2Cl)/C(=C2\N(C)c3ccccc3C2(C)C)C=NN1C. The summed E-state index contributed by atoms with van der Waals surface area (Å²) in [7, 11) is 1.83. The lowest BCUT2D eigenvalue weighted by molar-refractivity contribution is 0.452. The van der Waals surface area contributed by atoms with E-state index in [2.05, 4.69) is 73.4 Å². The number of halogens is 1. The number of anilines is 1. The average Bonchev–Trinajstić information content (AvgIpc) is 3.16. The van der Waals surface area contributed by atoms with E-state index < -0.39 is 7.36 Å². The van der Waals surface area contributed by atoms with Gasteiger partial charge in [-0.25, -0.2) is 14.2 Å². The molecule has 2 heterocycles. The molecule has 0 saturated carbocycles. The molecule has 2 aromatic rings. The van der Waals surface area contributed by atoms with Gasteiger partial charge in [-0.2, -0.15) is 5.10 Å². The first-order valence-electron chi connectivity index (χ1n) is 10.8. The molecule has 0 aliphatic carbocycles. The molecule has 5 nitrogen and oxygen atoms in total. The first-order chi connectivity index (χ1) is 14.8. The molecule has 0 unspecified atom stereocenters. The second kappa shape index (κ2) is 8.12. The molecule has 2 aliphatic heterocycles. The van der Waals surface area contributed by atoms with E-state index >= 15 is 0 Å². The second-order valence-electron chi connectivity index (χ2n) is 8.43. The van der Waals surface area contributed by atoms with Crippen LogP contribution in [0.1, 0.15) is 33.3 Å². The first kappa shape index (κ1) is 22.1. The zero-order valence-electron chi connectivity index (χ0n) is 19.2. The van der Waals surface area contributed by atoms with Crippen LogP contribution in [-0.4, -0.2) is 42.8 Å². The smallest absolute Gasteiger partial charge is 0.174 e. The molecule has 0 bridgehead atoms. The largest absolute Gasteiger partial charge is 0.346 e. The van der Waals surface area contributed by atoms with E-state index in [-0.39, 0.29) is 5.41 Å². The Labute approximate surface area is 191 Å². The molecule has 4 rings (SSSR count). The highest BCUT2D eigenvalue weighted by molar-refractivity contribution is 7.67. The highest BCUT2D eigenvalue weighted by Crippen LogP contribution is 2.69. The van der Waals surface area contributed by atoms with Gasteiger partial charge < -0.3 is 4.90 Å². The fourth-order valence-electron chi connectivity index (χ4n) is 4.92. The summed E-state index contributed by atoms with van der Waals surface area (Å²) in [5.41, 5.74) is 4.49. The van der Waals surface area contributed by atoms with Gasteiger partial charge in [-0.15, -0.1) is 0 Å². The van der Waals surface area contributed by atoms with Crippen molar-refractivity contribution in [1.29, 1.82) is 0 Å². The van der Waals surface area contributed by atoms with Gasteiger partial charge in [-0.1, -0.05) is 69.6 Å². The maximum Gasteiger partial charge on any atom is 0.174 e. The van der Waals surface area contributed by atoms with Crippen LogP contribution in [0.15, 0.2) is 69.4 Å². The van der Waals surface area contributed by atoms with Crippen LogP contribution >= 0.6 is 19.0 Å². The van der Waals surface area contributed by atoms with Crippen molar-refractivity contribution < 1.29 is 0 Å². The molecule has 1 atom stereocenters. The Balaban J connectivity index is 2.08. The van der Waals surface area contributed by atoms with Crippen LogP contribution in [0, 0.1) is 0 Å². The third-order valence-electron chi connectivity index (χ3n) is 6.41. The highest BCUT2D eigenvalue weighted by atomic mass is 35.5. The summed E-state index contributed by atoms with van der Waals surface area (Å²) in [5, 5.41) is 6.68. The van der Waals surface area contributed by atoms with E-state index in [4.69, 9.17) is 21.4 Å². The monoisotopic (exact) mass is 455 g/mol. The normalized spacial score (nSPS) is 24.3. The molecule has 31 heavy (non-hydrogen) atoms. The van der Waals surface area contributed by atoms with E-state index in [0.717, 1.165) is 18.8 Å². The molecule has 0 saturated heterocycles. The minimum atomic E-state index is -2.38.